The number of hydrogen-bond donors (Lipinski definition) is 0. The van der Waals surface area contributed by atoms with Crippen LogP contribution in [0.15, 0.2) is 0 Å². The molecule has 27 heavy (non-hydrogen) atoms. The van der Waals surface area contributed by atoms with Gasteiger partial charge in [0.1, 0.15) is 0 Å². The predicted molar refractivity (Wildman–Crippen MR) is 107 cm³/mol. The van der Waals surface area contributed by atoms with Gasteiger partial charge in [-0.3, -0.25) is 0 Å². The van der Waals surface area contributed by atoms with Crippen molar-refractivity contribution in [2.45, 2.75) is 103 Å². The Kier molecular flexibility index (Phi) is 18.4. The van der Waals surface area contributed by atoms with Crippen LogP contribution in [0.25, 0.3) is 0 Å². The van der Waals surface area contributed by atoms with Crippen molar-refractivity contribution < 1.29 is 27.9 Å². The van der Waals surface area contributed by atoms with Gasteiger partial charge in [0.15, 0.2) is 0 Å². The monoisotopic (exact) mass is 615 g/mol. The molecule has 0 aromatic heterocycles. The Hall–Kier alpha value is 0.777. The van der Waals surface area contributed by atoms with Gasteiger partial charge >= 0.3 is 171 Å². The van der Waals surface area contributed by atoms with Gasteiger partial charge in [-0.2, -0.15) is 0 Å². The molecule has 163 valence electrons. The predicted octanol–water partition coefficient (Wildman–Crippen LogP) is 5.92. The van der Waals surface area contributed by atoms with Gasteiger partial charge in [-0.15, -0.1) is 0 Å². The fourth-order valence-electron chi connectivity index (χ4n) is 2.71. The number of carbonyl (C=O) groups is 1. The molecule has 0 atom stereocenters. The van der Waals surface area contributed by atoms with Crippen molar-refractivity contribution in [2.24, 2.45) is 0 Å². The third kappa shape index (κ3) is 13.6. The average Bonchev–Trinajstić information content (AvgIpc) is 2.59. The van der Waals surface area contributed by atoms with Crippen LogP contribution >= 0.6 is 0 Å². The largest absolute Gasteiger partial charge is 0.412 e. The van der Waals surface area contributed by atoms with Crippen LogP contribution < -0.4 is 0 Å². The Balaban J connectivity index is 0. The summed E-state index contributed by atoms with van der Waals surface area (Å²) in [5, 5.41) is 0. The third-order valence-corrected chi connectivity index (χ3v) is 32.0. The summed E-state index contributed by atoms with van der Waals surface area (Å²) in [5.41, 5.74) is 0. The standard InChI is InChI=1S/4C4H9.C2HF3O2.H2O.O.2Sn/c4*1-3-4-2;3-2(4,5)1(6)7;;;;/h4*1,3-4H2,2H3;(H,6,7);1H2;;;/q;;;;;;;;+1/p-1. The molecule has 0 aromatic carbocycles. The van der Waals surface area contributed by atoms with Gasteiger partial charge in [-0.25, -0.2) is 0 Å². The van der Waals surface area contributed by atoms with E-state index in [1.807, 2.05) is 13.8 Å². The smallest absolute Gasteiger partial charge is 0.412 e. The van der Waals surface area contributed by atoms with Gasteiger partial charge in [0.2, 0.25) is 0 Å². The maximum atomic E-state index is 12.9. The molecule has 2 N–H and O–H groups in total. The average molecular weight is 613 g/mol. The molecule has 0 spiro atoms. The molecule has 0 bridgehead atoms. The van der Waals surface area contributed by atoms with Crippen LogP contribution in [0, 0.1) is 0 Å². The number of halogens is 3. The number of alkyl halides is 3. The fraction of sp³-hybridized carbons (Fsp3) is 0.944. The molecule has 0 aliphatic heterocycles. The summed E-state index contributed by atoms with van der Waals surface area (Å²) in [5.74, 6) is -2.02. The summed E-state index contributed by atoms with van der Waals surface area (Å²) in [6, 6.07) is 0. The molecule has 0 unspecified atom stereocenters. The Morgan fingerprint density at radius 2 is 1.26 bits per heavy atom. The minimum atomic E-state index is -4.93. The molecule has 0 aromatic rings. The van der Waals surface area contributed by atoms with Crippen LogP contribution in [0.3, 0.4) is 0 Å². The van der Waals surface area contributed by atoms with Crippen LogP contribution in [-0.4, -0.2) is 57.0 Å². The molecule has 0 saturated carbocycles. The van der Waals surface area contributed by atoms with Crippen molar-refractivity contribution in [1.29, 1.82) is 0 Å². The second-order valence-corrected chi connectivity index (χ2v) is 25.9. The van der Waals surface area contributed by atoms with Crippen molar-refractivity contribution in [2.75, 3.05) is 0 Å². The Bertz CT molecular complexity index is 366. The van der Waals surface area contributed by atoms with Crippen LogP contribution in [-0.2, 0) is 9.28 Å². The summed E-state index contributed by atoms with van der Waals surface area (Å²) in [6.45, 7) is 8.26. The Labute approximate surface area is 175 Å². The number of rotatable bonds is 15. The summed E-state index contributed by atoms with van der Waals surface area (Å²) in [7, 11) is 0. The first-order valence-electron chi connectivity index (χ1n) is 10.1. The van der Waals surface area contributed by atoms with Gasteiger partial charge in [0.05, 0.1) is 0 Å². The molecule has 0 aliphatic carbocycles. The van der Waals surface area contributed by atoms with Crippen molar-refractivity contribution in [1.82, 2.24) is 0 Å². The summed E-state index contributed by atoms with van der Waals surface area (Å²) < 4.78 is 53.7. The molecular weight excluding hydrogens is 575 g/mol. The SMILES string of the molecule is CCC[CH2][Sn]([CH2]CCC)[O][Sn]([CH2]CCC)([CH2]CCC)[O]C(=O)C(F)(F)F.O. The zero-order valence-corrected chi connectivity index (χ0v) is 23.1. The van der Waals surface area contributed by atoms with Gasteiger partial charge in [0.25, 0.3) is 0 Å². The number of hydrogen-bond acceptors (Lipinski definition) is 3. The van der Waals surface area contributed by atoms with E-state index >= 15 is 0 Å². The zero-order chi connectivity index (χ0) is 20.1. The van der Waals surface area contributed by atoms with E-state index in [9.17, 15) is 18.0 Å². The van der Waals surface area contributed by atoms with Crippen molar-refractivity contribution in [3.63, 3.8) is 0 Å². The first kappa shape index (κ1) is 30.0. The molecule has 0 amide bonds. The van der Waals surface area contributed by atoms with Crippen molar-refractivity contribution in [3.05, 3.63) is 0 Å². The second-order valence-electron chi connectivity index (χ2n) is 6.85. The summed E-state index contributed by atoms with van der Waals surface area (Å²) in [6.07, 6.45) is 2.64. The zero-order valence-electron chi connectivity index (χ0n) is 17.3. The molecule has 0 rings (SSSR count). The van der Waals surface area contributed by atoms with Gasteiger partial charge in [0, 0.05) is 0 Å². The van der Waals surface area contributed by atoms with Crippen molar-refractivity contribution in [3.8, 4) is 0 Å². The van der Waals surface area contributed by atoms with E-state index in [0.717, 1.165) is 60.2 Å². The first-order valence-corrected chi connectivity index (χ1v) is 21.6. The van der Waals surface area contributed by atoms with E-state index in [-0.39, 0.29) is 5.48 Å². The van der Waals surface area contributed by atoms with E-state index in [0.29, 0.717) is 8.87 Å². The number of unbranched alkanes of at least 4 members (excludes halogenated alkanes) is 4. The summed E-state index contributed by atoms with van der Waals surface area (Å²) >= 11 is -6.36. The van der Waals surface area contributed by atoms with E-state index in [1.54, 1.807) is 0 Å². The maximum Gasteiger partial charge on any atom is -0.412 e. The number of carbonyl (C=O) groups excluding carboxylic acids is 1. The van der Waals surface area contributed by atoms with E-state index in [2.05, 4.69) is 13.8 Å². The quantitative estimate of drug-likeness (QED) is 0.216. The second kappa shape index (κ2) is 16.6. The molecule has 0 heterocycles. The topological polar surface area (TPSA) is 67.0 Å². The normalized spacial score (nSPS) is 12.1. The van der Waals surface area contributed by atoms with E-state index in [1.165, 1.54) is 0 Å². The van der Waals surface area contributed by atoms with Crippen molar-refractivity contribution >= 4 is 45.3 Å². The molecule has 9 heteroatoms. The Morgan fingerprint density at radius 3 is 1.59 bits per heavy atom. The van der Waals surface area contributed by atoms with Crippen LogP contribution in [0.2, 0.25) is 17.7 Å². The molecule has 0 fully saturated rings. The van der Waals surface area contributed by atoms with Crippen LogP contribution in [0.1, 0.15) is 79.1 Å². The molecule has 1 radical (unpaired) electrons. The summed E-state index contributed by atoms with van der Waals surface area (Å²) in [4.78, 5) is 11.7. The third-order valence-electron chi connectivity index (χ3n) is 4.28. The Morgan fingerprint density at radius 1 is 0.852 bits per heavy atom. The molecular formula is C18H38F3O4Sn2. The molecule has 0 saturated heterocycles. The van der Waals surface area contributed by atoms with Gasteiger partial charge < -0.3 is 5.48 Å². The van der Waals surface area contributed by atoms with Crippen LogP contribution in [0.5, 0.6) is 0 Å². The van der Waals surface area contributed by atoms with Gasteiger partial charge in [-0.1, -0.05) is 0 Å². The van der Waals surface area contributed by atoms with E-state index in [4.69, 9.17) is 4.49 Å². The molecule has 4 nitrogen and oxygen atoms in total. The van der Waals surface area contributed by atoms with E-state index < -0.39 is 51.5 Å². The maximum absolute atomic E-state index is 12.9. The fourth-order valence-corrected chi connectivity index (χ4v) is 36.8. The van der Waals surface area contributed by atoms with Gasteiger partial charge in [-0.05, 0) is 0 Å². The minimum absolute atomic E-state index is 0. The molecule has 0 aliphatic rings. The van der Waals surface area contributed by atoms with Crippen LogP contribution in [0.4, 0.5) is 13.2 Å². The minimum Gasteiger partial charge on any atom is -0.412 e. The first-order chi connectivity index (χ1) is 12.2.